The third-order valence-electron chi connectivity index (χ3n) is 6.34. The van der Waals surface area contributed by atoms with Crippen molar-refractivity contribution in [2.45, 2.75) is 45.1 Å². The lowest BCUT2D eigenvalue weighted by molar-refractivity contribution is -0.124. The van der Waals surface area contributed by atoms with Gasteiger partial charge >= 0.3 is 5.97 Å². The van der Waals surface area contributed by atoms with Gasteiger partial charge in [0.1, 0.15) is 11.5 Å². The Bertz CT molecular complexity index is 1290. The molecule has 184 valence electrons. The second kappa shape index (κ2) is 11.0. The molecule has 0 atom stereocenters. The highest BCUT2D eigenvalue weighted by Crippen LogP contribution is 2.39. The molecule has 0 unspecified atom stereocenters. The average Bonchev–Trinajstić information content (AvgIpc) is 3.50. The van der Waals surface area contributed by atoms with E-state index in [-0.39, 0.29) is 17.9 Å². The number of para-hydroxylation sites is 1. The summed E-state index contributed by atoms with van der Waals surface area (Å²) < 4.78 is 11.1. The number of amidine groups is 1. The molecule has 3 aromatic rings. The molecule has 2 heterocycles. The Morgan fingerprint density at radius 2 is 1.81 bits per heavy atom. The summed E-state index contributed by atoms with van der Waals surface area (Å²) in [7, 11) is 0. The largest absolute Gasteiger partial charge is 0.462 e. The number of esters is 1. The molecule has 1 amide bonds. The molecule has 5 rings (SSSR count). The molecule has 0 bridgehead atoms. The van der Waals surface area contributed by atoms with Gasteiger partial charge in [-0.15, -0.1) is 0 Å². The van der Waals surface area contributed by atoms with Crippen LogP contribution in [-0.2, 0) is 9.53 Å². The molecule has 1 saturated carbocycles. The van der Waals surface area contributed by atoms with Gasteiger partial charge in [0.2, 0.25) is 0 Å². The van der Waals surface area contributed by atoms with E-state index in [0.717, 1.165) is 42.1 Å². The molecule has 1 aromatic heterocycles. The summed E-state index contributed by atoms with van der Waals surface area (Å²) in [4.78, 5) is 32.7. The molecular formula is C29H28N2O4S. The first-order chi connectivity index (χ1) is 17.6. The van der Waals surface area contributed by atoms with Crippen molar-refractivity contribution in [2.75, 3.05) is 6.61 Å². The molecule has 0 radical (unpaired) electrons. The van der Waals surface area contributed by atoms with Gasteiger partial charge in [-0.3, -0.25) is 9.69 Å². The lowest BCUT2D eigenvalue weighted by atomic mass is 9.94. The highest BCUT2D eigenvalue weighted by Gasteiger charge is 2.38. The van der Waals surface area contributed by atoms with Gasteiger partial charge in [0, 0.05) is 17.7 Å². The summed E-state index contributed by atoms with van der Waals surface area (Å²) in [5.74, 6) is 0.898. The van der Waals surface area contributed by atoms with E-state index in [2.05, 4.69) is 0 Å². The lowest BCUT2D eigenvalue weighted by Gasteiger charge is -2.30. The van der Waals surface area contributed by atoms with Crippen LogP contribution in [0.1, 0.15) is 55.1 Å². The second-order valence-corrected chi connectivity index (χ2v) is 9.82. The first-order valence-electron chi connectivity index (χ1n) is 12.4. The molecule has 7 heteroatoms. The van der Waals surface area contributed by atoms with Crippen LogP contribution in [0.4, 0.5) is 5.69 Å². The summed E-state index contributed by atoms with van der Waals surface area (Å²) in [6, 6.07) is 20.8. The van der Waals surface area contributed by atoms with Crippen molar-refractivity contribution in [3.05, 3.63) is 83.0 Å². The quantitative estimate of drug-likeness (QED) is 0.268. The predicted octanol–water partition coefficient (Wildman–Crippen LogP) is 7.06. The second-order valence-electron chi connectivity index (χ2n) is 8.81. The van der Waals surface area contributed by atoms with Crippen molar-refractivity contribution in [3.63, 3.8) is 0 Å². The Hall–Kier alpha value is -3.58. The number of aliphatic imine (C=N–C) groups is 1. The Kier molecular flexibility index (Phi) is 7.37. The van der Waals surface area contributed by atoms with Gasteiger partial charge in [-0.2, -0.15) is 0 Å². The van der Waals surface area contributed by atoms with Crippen LogP contribution in [0.3, 0.4) is 0 Å². The summed E-state index contributed by atoms with van der Waals surface area (Å²) >= 11 is 1.40. The fraction of sp³-hybridized carbons (Fsp3) is 0.276. The van der Waals surface area contributed by atoms with Crippen LogP contribution in [0.15, 0.2) is 81.0 Å². The van der Waals surface area contributed by atoms with Crippen molar-refractivity contribution < 1.29 is 18.7 Å². The average molecular weight is 501 g/mol. The molecule has 2 fully saturated rings. The molecule has 0 spiro atoms. The van der Waals surface area contributed by atoms with Crippen LogP contribution in [0.2, 0.25) is 0 Å². The predicted molar refractivity (Wildman–Crippen MR) is 143 cm³/mol. The van der Waals surface area contributed by atoms with Gasteiger partial charge in [-0.05, 0) is 67.9 Å². The Balaban J connectivity index is 1.39. The number of carbonyl (C=O) groups excluding carboxylic acids is 2. The van der Waals surface area contributed by atoms with Crippen molar-refractivity contribution in [1.82, 2.24) is 4.90 Å². The van der Waals surface area contributed by atoms with E-state index in [1.54, 1.807) is 25.1 Å². The third kappa shape index (κ3) is 5.31. The van der Waals surface area contributed by atoms with Crippen molar-refractivity contribution in [3.8, 4) is 11.3 Å². The van der Waals surface area contributed by atoms with E-state index in [1.165, 1.54) is 18.2 Å². The topological polar surface area (TPSA) is 72.1 Å². The zero-order chi connectivity index (χ0) is 24.9. The van der Waals surface area contributed by atoms with Crippen LogP contribution in [-0.4, -0.2) is 34.6 Å². The summed E-state index contributed by atoms with van der Waals surface area (Å²) in [6.45, 7) is 2.12. The zero-order valence-corrected chi connectivity index (χ0v) is 21.0. The highest BCUT2D eigenvalue weighted by atomic mass is 32.2. The number of thioether (sulfide) groups is 1. The maximum atomic E-state index is 13.5. The number of hydrogen-bond acceptors (Lipinski definition) is 6. The summed E-state index contributed by atoms with van der Waals surface area (Å²) in [5, 5.41) is 0.727. The van der Waals surface area contributed by atoms with E-state index in [0.29, 0.717) is 28.6 Å². The van der Waals surface area contributed by atoms with Crippen molar-refractivity contribution >= 4 is 40.6 Å². The number of carbonyl (C=O) groups is 2. The van der Waals surface area contributed by atoms with Gasteiger partial charge in [0.25, 0.3) is 5.91 Å². The fourth-order valence-electron chi connectivity index (χ4n) is 4.54. The number of nitrogens with zero attached hydrogens (tertiary/aromatic N) is 2. The minimum atomic E-state index is -0.346. The van der Waals surface area contributed by atoms with E-state index >= 15 is 0 Å². The molecule has 2 aliphatic rings. The molecule has 1 saturated heterocycles. The first-order valence-corrected chi connectivity index (χ1v) is 13.2. The Labute approximate surface area is 215 Å². The zero-order valence-electron chi connectivity index (χ0n) is 20.2. The molecular weight excluding hydrogens is 472 g/mol. The minimum Gasteiger partial charge on any atom is -0.462 e. The van der Waals surface area contributed by atoms with Crippen molar-refractivity contribution in [1.29, 1.82) is 0 Å². The molecule has 2 aromatic carbocycles. The Morgan fingerprint density at radius 1 is 1.06 bits per heavy atom. The van der Waals surface area contributed by atoms with Crippen LogP contribution >= 0.6 is 11.8 Å². The van der Waals surface area contributed by atoms with E-state index < -0.39 is 0 Å². The van der Waals surface area contributed by atoms with E-state index in [4.69, 9.17) is 14.1 Å². The normalized spacial score (nSPS) is 18.8. The summed E-state index contributed by atoms with van der Waals surface area (Å²) in [5.41, 5.74) is 2.17. The maximum absolute atomic E-state index is 13.5. The molecule has 1 aliphatic heterocycles. The number of ether oxygens (including phenoxy) is 1. The molecule has 0 N–H and O–H groups in total. The van der Waals surface area contributed by atoms with Crippen LogP contribution in [0.5, 0.6) is 0 Å². The third-order valence-corrected chi connectivity index (χ3v) is 7.32. The molecule has 36 heavy (non-hydrogen) atoms. The molecule has 6 nitrogen and oxygen atoms in total. The summed E-state index contributed by atoms with van der Waals surface area (Å²) in [6.07, 6.45) is 7.28. The Morgan fingerprint density at radius 3 is 2.53 bits per heavy atom. The smallest absolute Gasteiger partial charge is 0.338 e. The monoisotopic (exact) mass is 500 g/mol. The van der Waals surface area contributed by atoms with Gasteiger partial charge in [-0.25, -0.2) is 9.79 Å². The lowest BCUT2D eigenvalue weighted by Crippen LogP contribution is -2.40. The van der Waals surface area contributed by atoms with Crippen LogP contribution in [0, 0.1) is 0 Å². The van der Waals surface area contributed by atoms with E-state index in [9.17, 15) is 9.59 Å². The number of amides is 1. The SMILES string of the molecule is CCOC(=O)c1ccc(-c2ccc(/C=C3/SC(=Nc4ccccc4)N(C4CCCCC4)C3=O)o2)cc1. The number of hydrogen-bond donors (Lipinski definition) is 0. The van der Waals surface area contributed by atoms with Gasteiger partial charge < -0.3 is 9.15 Å². The highest BCUT2D eigenvalue weighted by molar-refractivity contribution is 8.18. The maximum Gasteiger partial charge on any atom is 0.338 e. The number of benzene rings is 2. The fourth-order valence-corrected chi connectivity index (χ4v) is 5.58. The van der Waals surface area contributed by atoms with Gasteiger partial charge in [0.05, 0.1) is 22.8 Å². The van der Waals surface area contributed by atoms with Gasteiger partial charge in [0.15, 0.2) is 5.17 Å². The number of furan rings is 1. The molecule has 1 aliphatic carbocycles. The standard InChI is InChI=1S/C29H28N2O4S/c1-2-34-28(33)21-15-13-20(14-16-21)25-18-17-24(35-25)19-26-27(32)31(23-11-7-4-8-12-23)29(36-26)30-22-9-5-3-6-10-22/h3,5-6,9-10,13-19,23H,2,4,7-8,11-12H2,1H3/b26-19+,30-29?. The first kappa shape index (κ1) is 24.1. The number of rotatable bonds is 6. The van der Waals surface area contributed by atoms with Crippen LogP contribution in [0.25, 0.3) is 17.4 Å². The van der Waals surface area contributed by atoms with Gasteiger partial charge in [-0.1, -0.05) is 49.6 Å². The van der Waals surface area contributed by atoms with Crippen molar-refractivity contribution in [2.24, 2.45) is 4.99 Å². The minimum absolute atomic E-state index is 0.0154. The van der Waals surface area contributed by atoms with Crippen LogP contribution < -0.4 is 0 Å². The van der Waals surface area contributed by atoms with E-state index in [1.807, 2.05) is 59.5 Å².